The van der Waals surface area contributed by atoms with Gasteiger partial charge >= 0.3 is 0 Å². The zero-order valence-corrected chi connectivity index (χ0v) is 17.4. The Balaban J connectivity index is 0.00000261. The highest BCUT2D eigenvalue weighted by molar-refractivity contribution is 14.0. The van der Waals surface area contributed by atoms with Gasteiger partial charge in [0.15, 0.2) is 5.96 Å². The van der Waals surface area contributed by atoms with Crippen molar-refractivity contribution in [2.45, 2.75) is 25.9 Å². The lowest BCUT2D eigenvalue weighted by Crippen LogP contribution is -2.36. The van der Waals surface area contributed by atoms with Crippen LogP contribution in [0.25, 0.3) is 0 Å². The van der Waals surface area contributed by atoms with Gasteiger partial charge in [0.2, 0.25) is 5.88 Å². The Morgan fingerprint density at radius 3 is 2.63 bits per heavy atom. The summed E-state index contributed by atoms with van der Waals surface area (Å²) in [5.74, 6) is 0.879. The first-order valence-electron chi connectivity index (χ1n) is 8.60. The number of aromatic nitrogens is 1. The zero-order chi connectivity index (χ0) is 18.4. The van der Waals surface area contributed by atoms with Crippen LogP contribution in [0.4, 0.5) is 8.78 Å². The van der Waals surface area contributed by atoms with Gasteiger partial charge in [0, 0.05) is 38.0 Å². The molecule has 8 heteroatoms. The molecule has 3 rings (SSSR count). The first-order valence-corrected chi connectivity index (χ1v) is 8.60. The van der Waals surface area contributed by atoms with E-state index in [-0.39, 0.29) is 36.1 Å². The van der Waals surface area contributed by atoms with E-state index >= 15 is 0 Å². The zero-order valence-electron chi connectivity index (χ0n) is 15.0. The Labute approximate surface area is 174 Å². The van der Waals surface area contributed by atoms with Crippen molar-refractivity contribution in [3.63, 3.8) is 0 Å². The minimum Gasteiger partial charge on any atom is -0.477 e. The molecule has 2 aromatic rings. The number of nitrogens with one attached hydrogen (secondary N) is 2. The number of rotatable bonds is 7. The molecule has 27 heavy (non-hydrogen) atoms. The van der Waals surface area contributed by atoms with Gasteiger partial charge in [-0.3, -0.25) is 4.99 Å². The molecule has 1 fully saturated rings. The smallest absolute Gasteiger partial charge is 0.213 e. The van der Waals surface area contributed by atoms with Crippen molar-refractivity contribution in [2.75, 3.05) is 13.7 Å². The summed E-state index contributed by atoms with van der Waals surface area (Å²) in [5.41, 5.74) is 1.20. The van der Waals surface area contributed by atoms with Gasteiger partial charge in [-0.2, -0.15) is 0 Å². The van der Waals surface area contributed by atoms with Crippen LogP contribution >= 0.6 is 24.0 Å². The van der Waals surface area contributed by atoms with Crippen LogP contribution in [0.5, 0.6) is 5.88 Å². The number of nitrogens with zero attached hydrogens (tertiary/aromatic N) is 2. The molecule has 1 aromatic carbocycles. The van der Waals surface area contributed by atoms with Crippen LogP contribution in [0.15, 0.2) is 41.5 Å². The molecule has 0 spiro atoms. The molecule has 1 aliphatic carbocycles. The third kappa shape index (κ3) is 6.93. The second kappa shape index (κ2) is 10.4. The SMILES string of the molecule is CN=C(NCc1ccc(OCC2CC2)nc1)NCc1cc(F)ccc1F.I. The molecule has 1 heterocycles. The summed E-state index contributed by atoms with van der Waals surface area (Å²) in [6.45, 7) is 1.37. The van der Waals surface area contributed by atoms with E-state index in [1.54, 1.807) is 13.2 Å². The van der Waals surface area contributed by atoms with E-state index in [1.807, 2.05) is 12.1 Å². The van der Waals surface area contributed by atoms with Crippen LogP contribution in [0.1, 0.15) is 24.0 Å². The van der Waals surface area contributed by atoms with Crippen molar-refractivity contribution < 1.29 is 13.5 Å². The lowest BCUT2D eigenvalue weighted by molar-refractivity contribution is 0.288. The Morgan fingerprint density at radius 2 is 1.96 bits per heavy atom. The topological polar surface area (TPSA) is 58.5 Å². The van der Waals surface area contributed by atoms with Crippen LogP contribution in [0.3, 0.4) is 0 Å². The second-order valence-corrected chi connectivity index (χ2v) is 6.27. The van der Waals surface area contributed by atoms with Crippen LogP contribution in [0, 0.1) is 17.6 Å². The fourth-order valence-electron chi connectivity index (χ4n) is 2.35. The van der Waals surface area contributed by atoms with Crippen LogP contribution < -0.4 is 15.4 Å². The molecule has 1 saturated carbocycles. The van der Waals surface area contributed by atoms with E-state index in [1.165, 1.54) is 18.9 Å². The van der Waals surface area contributed by atoms with Crippen LogP contribution in [0.2, 0.25) is 0 Å². The van der Waals surface area contributed by atoms with Gasteiger partial charge in [0.25, 0.3) is 0 Å². The van der Waals surface area contributed by atoms with E-state index in [9.17, 15) is 8.78 Å². The minimum atomic E-state index is -0.471. The van der Waals surface area contributed by atoms with Gasteiger partial charge in [-0.05, 0) is 42.5 Å². The number of ether oxygens (including phenoxy) is 1. The molecule has 0 bridgehead atoms. The van der Waals surface area contributed by atoms with Crippen molar-refractivity contribution in [3.8, 4) is 5.88 Å². The summed E-state index contributed by atoms with van der Waals surface area (Å²) in [6.07, 6.45) is 4.23. The molecule has 0 radical (unpaired) electrons. The van der Waals surface area contributed by atoms with E-state index in [4.69, 9.17) is 4.74 Å². The maximum atomic E-state index is 13.6. The number of guanidine groups is 1. The van der Waals surface area contributed by atoms with Crippen LogP contribution in [-0.4, -0.2) is 24.6 Å². The summed E-state index contributed by atoms with van der Waals surface area (Å²) in [6, 6.07) is 7.15. The van der Waals surface area contributed by atoms with Gasteiger partial charge in [-0.15, -0.1) is 24.0 Å². The number of hydrogen-bond donors (Lipinski definition) is 2. The molecule has 5 nitrogen and oxygen atoms in total. The Bertz CT molecular complexity index is 767. The van der Waals surface area contributed by atoms with Gasteiger partial charge in [-0.25, -0.2) is 13.8 Å². The molecule has 0 saturated heterocycles. The number of hydrogen-bond acceptors (Lipinski definition) is 3. The monoisotopic (exact) mass is 488 g/mol. The predicted octanol–water partition coefficient (Wildman–Crippen LogP) is 3.63. The highest BCUT2D eigenvalue weighted by atomic mass is 127. The van der Waals surface area contributed by atoms with Crippen molar-refractivity contribution in [3.05, 3.63) is 59.3 Å². The summed E-state index contributed by atoms with van der Waals surface area (Å²) >= 11 is 0. The number of aliphatic imine (C=N–C) groups is 1. The first-order chi connectivity index (χ1) is 12.6. The van der Waals surface area contributed by atoms with Crippen molar-refractivity contribution in [1.29, 1.82) is 0 Å². The Kier molecular flexibility index (Phi) is 8.21. The van der Waals surface area contributed by atoms with Crippen molar-refractivity contribution in [1.82, 2.24) is 15.6 Å². The number of pyridine rings is 1. The van der Waals surface area contributed by atoms with E-state index in [0.717, 1.165) is 24.3 Å². The van der Waals surface area contributed by atoms with E-state index in [2.05, 4.69) is 20.6 Å². The fraction of sp³-hybridized carbons (Fsp3) is 0.368. The average Bonchev–Trinajstić information content (AvgIpc) is 3.48. The molecular weight excluding hydrogens is 465 g/mol. The van der Waals surface area contributed by atoms with Crippen molar-refractivity contribution in [2.24, 2.45) is 10.9 Å². The summed E-state index contributed by atoms with van der Waals surface area (Å²) in [4.78, 5) is 8.36. The van der Waals surface area contributed by atoms with Gasteiger partial charge in [-0.1, -0.05) is 6.07 Å². The maximum absolute atomic E-state index is 13.6. The minimum absolute atomic E-state index is 0. The quantitative estimate of drug-likeness (QED) is 0.355. The third-order valence-corrected chi connectivity index (χ3v) is 4.10. The predicted molar refractivity (Wildman–Crippen MR) is 111 cm³/mol. The first kappa shape index (κ1) is 21.3. The molecule has 0 unspecified atom stereocenters. The normalized spacial score (nSPS) is 13.7. The van der Waals surface area contributed by atoms with E-state index in [0.29, 0.717) is 24.3 Å². The molecular formula is C19H23F2IN4O. The fourth-order valence-corrected chi connectivity index (χ4v) is 2.35. The lowest BCUT2D eigenvalue weighted by atomic mass is 10.2. The Morgan fingerprint density at radius 1 is 1.19 bits per heavy atom. The van der Waals surface area contributed by atoms with Crippen LogP contribution in [-0.2, 0) is 13.1 Å². The number of benzene rings is 1. The second-order valence-electron chi connectivity index (χ2n) is 6.27. The van der Waals surface area contributed by atoms with Crippen molar-refractivity contribution >= 4 is 29.9 Å². The molecule has 0 amide bonds. The summed E-state index contributed by atoms with van der Waals surface area (Å²) in [7, 11) is 1.62. The highest BCUT2D eigenvalue weighted by Gasteiger charge is 2.22. The average molecular weight is 488 g/mol. The summed E-state index contributed by atoms with van der Waals surface area (Å²) in [5, 5.41) is 6.07. The van der Waals surface area contributed by atoms with Gasteiger partial charge in [0.1, 0.15) is 11.6 Å². The number of halogens is 3. The molecule has 2 N–H and O–H groups in total. The highest BCUT2D eigenvalue weighted by Crippen LogP contribution is 2.29. The Hall–Kier alpha value is -1.97. The standard InChI is InChI=1S/C19H22F2N4O.HI/c1-22-19(25-11-15-8-16(20)5-6-17(15)21)24-10-14-4-7-18(23-9-14)26-12-13-2-3-13;/h4-9,13H,2-3,10-12H2,1H3,(H2,22,24,25);1H. The van der Waals surface area contributed by atoms with Gasteiger partial charge < -0.3 is 15.4 Å². The molecule has 0 atom stereocenters. The maximum Gasteiger partial charge on any atom is 0.213 e. The molecule has 1 aromatic heterocycles. The van der Waals surface area contributed by atoms with E-state index < -0.39 is 11.6 Å². The lowest BCUT2D eigenvalue weighted by Gasteiger charge is -2.12. The largest absolute Gasteiger partial charge is 0.477 e. The molecule has 0 aliphatic heterocycles. The summed E-state index contributed by atoms with van der Waals surface area (Å²) < 4.78 is 32.4. The third-order valence-electron chi connectivity index (χ3n) is 4.10. The molecule has 146 valence electrons. The molecule has 1 aliphatic rings. The van der Waals surface area contributed by atoms with Gasteiger partial charge in [0.05, 0.1) is 6.61 Å².